The van der Waals surface area contributed by atoms with E-state index in [1.807, 2.05) is 13.8 Å². The summed E-state index contributed by atoms with van der Waals surface area (Å²) in [4.78, 5) is 13.0. The summed E-state index contributed by atoms with van der Waals surface area (Å²) in [7, 11) is 0. The lowest BCUT2D eigenvalue weighted by molar-refractivity contribution is -0.130. The zero-order valence-corrected chi connectivity index (χ0v) is 7.69. The highest BCUT2D eigenvalue weighted by molar-refractivity contribution is 7.92. The van der Waals surface area contributed by atoms with Crippen molar-refractivity contribution < 1.29 is 9.35 Å². The first-order valence-corrected chi connectivity index (χ1v) is 5.24. The number of carbonyl (C=O) groups is 1. The van der Waals surface area contributed by atoms with Crippen LogP contribution in [0.5, 0.6) is 0 Å². The quantitative estimate of drug-likeness (QED) is 0.526. The molecular formula is C7H13NO2S. The van der Waals surface area contributed by atoms with Crippen LogP contribution in [0.3, 0.4) is 0 Å². The van der Waals surface area contributed by atoms with Gasteiger partial charge in [-0.2, -0.15) is 0 Å². The second-order valence-corrected chi connectivity index (χ2v) is 4.55. The maximum atomic E-state index is 11.2. The van der Waals surface area contributed by atoms with E-state index in [1.165, 1.54) is 0 Å². The van der Waals surface area contributed by atoms with Gasteiger partial charge >= 0.3 is 0 Å². The van der Waals surface area contributed by atoms with E-state index in [0.29, 0.717) is 12.3 Å². The Kier molecular flexibility index (Phi) is 2.78. The SMILES string of the molecule is CC(C)N1CC[S+]([O-])CC1=O. The summed E-state index contributed by atoms with van der Waals surface area (Å²) in [5.41, 5.74) is 0. The maximum absolute atomic E-state index is 11.2. The van der Waals surface area contributed by atoms with Crippen LogP contribution < -0.4 is 0 Å². The Bertz CT molecular complexity index is 161. The van der Waals surface area contributed by atoms with Crippen LogP contribution in [-0.4, -0.2) is 39.5 Å². The normalized spacial score (nSPS) is 26.4. The highest BCUT2D eigenvalue weighted by atomic mass is 32.2. The fraction of sp³-hybridized carbons (Fsp3) is 0.857. The molecule has 0 aromatic heterocycles. The van der Waals surface area contributed by atoms with Crippen LogP contribution in [0, 0.1) is 0 Å². The summed E-state index contributed by atoms with van der Waals surface area (Å²) in [6.07, 6.45) is 0. The lowest BCUT2D eigenvalue weighted by Crippen LogP contribution is -2.48. The van der Waals surface area contributed by atoms with Gasteiger partial charge in [-0.3, -0.25) is 4.79 Å². The third kappa shape index (κ3) is 2.10. The van der Waals surface area contributed by atoms with Gasteiger partial charge in [-0.25, -0.2) is 0 Å². The van der Waals surface area contributed by atoms with Crippen LogP contribution in [0.15, 0.2) is 0 Å². The molecule has 0 aromatic carbocycles. The van der Waals surface area contributed by atoms with Crippen molar-refractivity contribution in [1.82, 2.24) is 4.90 Å². The molecule has 1 rings (SSSR count). The third-order valence-electron chi connectivity index (χ3n) is 1.79. The van der Waals surface area contributed by atoms with Gasteiger partial charge < -0.3 is 9.45 Å². The molecule has 4 heteroatoms. The molecule has 1 unspecified atom stereocenters. The molecule has 1 aliphatic heterocycles. The second kappa shape index (κ2) is 3.45. The predicted octanol–water partition coefficient (Wildman–Crippen LogP) is -0.0143. The monoisotopic (exact) mass is 175 g/mol. The molecule has 0 aliphatic carbocycles. The minimum absolute atomic E-state index is 0.0320. The van der Waals surface area contributed by atoms with E-state index >= 15 is 0 Å². The van der Waals surface area contributed by atoms with Crippen molar-refractivity contribution >= 4 is 17.1 Å². The van der Waals surface area contributed by atoms with Crippen LogP contribution >= 0.6 is 0 Å². The zero-order chi connectivity index (χ0) is 8.43. The van der Waals surface area contributed by atoms with E-state index in [2.05, 4.69) is 0 Å². The van der Waals surface area contributed by atoms with Crippen molar-refractivity contribution in [2.24, 2.45) is 0 Å². The molecule has 0 spiro atoms. The number of rotatable bonds is 1. The van der Waals surface area contributed by atoms with E-state index in [0.717, 1.165) is 0 Å². The van der Waals surface area contributed by atoms with E-state index in [1.54, 1.807) is 4.90 Å². The fourth-order valence-corrected chi connectivity index (χ4v) is 2.15. The zero-order valence-electron chi connectivity index (χ0n) is 6.87. The average Bonchev–Trinajstić information content (AvgIpc) is 1.85. The number of hydrogen-bond donors (Lipinski definition) is 0. The number of nitrogens with zero attached hydrogens (tertiary/aromatic N) is 1. The molecule has 1 saturated heterocycles. The third-order valence-corrected chi connectivity index (χ3v) is 2.99. The Balaban J connectivity index is 2.51. The molecule has 0 N–H and O–H groups in total. The smallest absolute Gasteiger partial charge is 0.272 e. The maximum Gasteiger partial charge on any atom is 0.272 e. The molecule has 0 bridgehead atoms. The summed E-state index contributed by atoms with van der Waals surface area (Å²) < 4.78 is 10.9. The molecule has 0 saturated carbocycles. The first-order chi connectivity index (χ1) is 5.11. The van der Waals surface area contributed by atoms with Gasteiger partial charge in [0, 0.05) is 6.04 Å². The second-order valence-electron chi connectivity index (χ2n) is 2.97. The molecule has 11 heavy (non-hydrogen) atoms. The number of hydrogen-bond acceptors (Lipinski definition) is 2. The van der Waals surface area contributed by atoms with E-state index < -0.39 is 11.2 Å². The molecular weight excluding hydrogens is 162 g/mol. The number of amides is 1. The van der Waals surface area contributed by atoms with Crippen molar-refractivity contribution in [2.75, 3.05) is 18.1 Å². The van der Waals surface area contributed by atoms with E-state index in [4.69, 9.17) is 0 Å². The first kappa shape index (κ1) is 8.87. The van der Waals surface area contributed by atoms with Gasteiger partial charge in [0.15, 0.2) is 5.75 Å². The summed E-state index contributed by atoms with van der Waals surface area (Å²) in [6.45, 7) is 4.61. The Labute approximate surface area is 69.9 Å². The van der Waals surface area contributed by atoms with Gasteiger partial charge in [0.25, 0.3) is 5.91 Å². The predicted molar refractivity (Wildman–Crippen MR) is 44.7 cm³/mol. The molecule has 0 radical (unpaired) electrons. The molecule has 3 nitrogen and oxygen atoms in total. The standard InChI is InChI=1S/C7H13NO2S/c1-6(2)8-3-4-11(10)5-7(8)9/h6H,3-5H2,1-2H3. The van der Waals surface area contributed by atoms with Crippen molar-refractivity contribution in [3.05, 3.63) is 0 Å². The van der Waals surface area contributed by atoms with Crippen molar-refractivity contribution in [1.29, 1.82) is 0 Å². The molecule has 1 atom stereocenters. The highest BCUT2D eigenvalue weighted by Gasteiger charge is 2.28. The van der Waals surface area contributed by atoms with Gasteiger partial charge in [-0.1, -0.05) is 0 Å². The van der Waals surface area contributed by atoms with Gasteiger partial charge in [0.05, 0.1) is 6.54 Å². The molecule has 1 aliphatic rings. The first-order valence-electron chi connectivity index (χ1n) is 3.75. The van der Waals surface area contributed by atoms with Crippen LogP contribution in [-0.2, 0) is 16.0 Å². The van der Waals surface area contributed by atoms with Crippen LogP contribution in [0.1, 0.15) is 13.8 Å². The Morgan fingerprint density at radius 2 is 2.27 bits per heavy atom. The molecule has 64 valence electrons. The summed E-state index contributed by atoms with van der Waals surface area (Å²) >= 11 is -0.899. The topological polar surface area (TPSA) is 43.4 Å². The summed E-state index contributed by atoms with van der Waals surface area (Å²) in [5.74, 6) is 0.895. The molecule has 1 heterocycles. The Hall–Kier alpha value is -0.220. The van der Waals surface area contributed by atoms with Gasteiger partial charge in [-0.05, 0) is 25.0 Å². The van der Waals surface area contributed by atoms with Gasteiger partial charge in [0.1, 0.15) is 5.75 Å². The Morgan fingerprint density at radius 3 is 2.73 bits per heavy atom. The highest BCUT2D eigenvalue weighted by Crippen LogP contribution is 2.08. The lowest BCUT2D eigenvalue weighted by Gasteiger charge is -2.30. The molecule has 0 aromatic rings. The average molecular weight is 175 g/mol. The Morgan fingerprint density at radius 1 is 1.64 bits per heavy atom. The van der Waals surface area contributed by atoms with E-state index in [-0.39, 0.29) is 17.7 Å². The van der Waals surface area contributed by atoms with Crippen molar-refractivity contribution in [3.63, 3.8) is 0 Å². The van der Waals surface area contributed by atoms with Crippen molar-refractivity contribution in [2.45, 2.75) is 19.9 Å². The van der Waals surface area contributed by atoms with Gasteiger partial charge in [0.2, 0.25) is 0 Å². The summed E-state index contributed by atoms with van der Waals surface area (Å²) in [6, 6.07) is 0.250. The largest absolute Gasteiger partial charge is 0.616 e. The number of carbonyl (C=O) groups excluding carboxylic acids is 1. The van der Waals surface area contributed by atoms with Crippen molar-refractivity contribution in [3.8, 4) is 0 Å². The van der Waals surface area contributed by atoms with Crippen LogP contribution in [0.25, 0.3) is 0 Å². The molecule has 1 amide bonds. The van der Waals surface area contributed by atoms with E-state index in [9.17, 15) is 9.35 Å². The summed E-state index contributed by atoms with van der Waals surface area (Å²) in [5, 5.41) is 0. The van der Waals surface area contributed by atoms with Crippen LogP contribution in [0.2, 0.25) is 0 Å². The van der Waals surface area contributed by atoms with Crippen LogP contribution in [0.4, 0.5) is 0 Å². The fourth-order valence-electron chi connectivity index (χ4n) is 1.16. The lowest BCUT2D eigenvalue weighted by atomic mass is 10.3. The molecule has 1 fully saturated rings. The minimum Gasteiger partial charge on any atom is -0.616 e. The minimum atomic E-state index is -0.899. The van der Waals surface area contributed by atoms with Gasteiger partial charge in [-0.15, -0.1) is 0 Å².